The lowest BCUT2D eigenvalue weighted by atomic mass is 9.83. The fourth-order valence-electron chi connectivity index (χ4n) is 3.73. The smallest absolute Gasteiger partial charge is 0.194 e. The Labute approximate surface area is 176 Å². The highest BCUT2D eigenvalue weighted by Crippen LogP contribution is 2.37. The van der Waals surface area contributed by atoms with Crippen LogP contribution in [-0.4, -0.2) is 23.8 Å². The van der Waals surface area contributed by atoms with Gasteiger partial charge in [0.05, 0.1) is 12.2 Å². The first-order chi connectivity index (χ1) is 14.4. The third kappa shape index (κ3) is 3.50. The van der Waals surface area contributed by atoms with Crippen LogP contribution >= 0.6 is 0 Å². The Morgan fingerprint density at radius 1 is 0.567 bits per heavy atom. The fourth-order valence-corrected chi connectivity index (χ4v) is 3.73. The molecule has 0 bridgehead atoms. The van der Waals surface area contributed by atoms with E-state index < -0.39 is 0 Å². The van der Waals surface area contributed by atoms with Gasteiger partial charge in [-0.1, -0.05) is 48.5 Å². The Hall–Kier alpha value is -3.40. The molecule has 0 atom stereocenters. The first-order valence-electron chi connectivity index (χ1n) is 10.2. The number of hydrogen-bond donors (Lipinski definition) is 0. The SMILES string of the molecule is CC(C)OC1=C/C(=C2/C=C(OC(C)C)c3ccccc3C2=O)C(=O)c2ccccc21. The molecule has 0 aromatic heterocycles. The van der Waals surface area contributed by atoms with Crippen LogP contribution < -0.4 is 0 Å². The molecule has 2 aromatic rings. The van der Waals surface area contributed by atoms with Crippen molar-refractivity contribution >= 4 is 23.1 Å². The highest BCUT2D eigenvalue weighted by Gasteiger charge is 2.32. The third-order valence-electron chi connectivity index (χ3n) is 4.93. The number of rotatable bonds is 4. The molecular formula is C26H24O4. The second-order valence-corrected chi connectivity index (χ2v) is 7.93. The predicted octanol–water partition coefficient (Wildman–Crippen LogP) is 5.61. The lowest BCUT2D eigenvalue weighted by molar-refractivity contribution is 0.1000. The molecule has 2 aliphatic carbocycles. The first kappa shape index (κ1) is 19.9. The molecule has 2 aromatic carbocycles. The number of benzene rings is 2. The molecule has 0 saturated carbocycles. The molecule has 0 fully saturated rings. The first-order valence-corrected chi connectivity index (χ1v) is 10.2. The summed E-state index contributed by atoms with van der Waals surface area (Å²) >= 11 is 0. The van der Waals surface area contributed by atoms with Gasteiger partial charge in [0.15, 0.2) is 11.6 Å². The minimum absolute atomic E-state index is 0.0677. The van der Waals surface area contributed by atoms with Gasteiger partial charge < -0.3 is 9.47 Å². The van der Waals surface area contributed by atoms with Crippen molar-refractivity contribution in [2.75, 3.05) is 0 Å². The second kappa shape index (κ2) is 7.79. The number of Topliss-reactive ketones (excluding diaryl/α,β-unsaturated/α-hetero) is 2. The highest BCUT2D eigenvalue weighted by atomic mass is 16.5. The molecule has 0 aliphatic heterocycles. The van der Waals surface area contributed by atoms with E-state index in [1.807, 2.05) is 64.1 Å². The van der Waals surface area contributed by atoms with Gasteiger partial charge in [-0.15, -0.1) is 0 Å². The number of hydrogen-bond acceptors (Lipinski definition) is 4. The molecule has 4 nitrogen and oxygen atoms in total. The minimum Gasteiger partial charge on any atom is -0.490 e. The van der Waals surface area contributed by atoms with Crippen molar-refractivity contribution in [3.63, 3.8) is 0 Å². The van der Waals surface area contributed by atoms with Gasteiger partial charge in [-0.2, -0.15) is 0 Å². The van der Waals surface area contributed by atoms with E-state index in [0.717, 1.165) is 11.1 Å². The topological polar surface area (TPSA) is 52.6 Å². The van der Waals surface area contributed by atoms with Crippen molar-refractivity contribution < 1.29 is 19.1 Å². The molecule has 2 aliphatic rings. The van der Waals surface area contributed by atoms with E-state index in [1.165, 1.54) is 0 Å². The molecule has 0 unspecified atom stereocenters. The van der Waals surface area contributed by atoms with Gasteiger partial charge in [0.1, 0.15) is 11.5 Å². The van der Waals surface area contributed by atoms with Gasteiger partial charge in [-0.25, -0.2) is 0 Å². The van der Waals surface area contributed by atoms with Crippen molar-refractivity contribution in [2.24, 2.45) is 0 Å². The molecule has 152 valence electrons. The maximum atomic E-state index is 13.4. The van der Waals surface area contributed by atoms with Crippen molar-refractivity contribution in [2.45, 2.75) is 39.9 Å². The maximum Gasteiger partial charge on any atom is 0.194 e. The van der Waals surface area contributed by atoms with Crippen LogP contribution in [0.15, 0.2) is 71.8 Å². The second-order valence-electron chi connectivity index (χ2n) is 7.93. The average molecular weight is 400 g/mol. The largest absolute Gasteiger partial charge is 0.490 e. The van der Waals surface area contributed by atoms with Crippen molar-refractivity contribution in [1.29, 1.82) is 0 Å². The zero-order chi connectivity index (χ0) is 21.4. The van der Waals surface area contributed by atoms with Crippen LogP contribution in [0.25, 0.3) is 11.5 Å². The van der Waals surface area contributed by atoms with E-state index in [-0.39, 0.29) is 23.8 Å². The molecule has 0 heterocycles. The summed E-state index contributed by atoms with van der Waals surface area (Å²) in [5.74, 6) is 0.803. The third-order valence-corrected chi connectivity index (χ3v) is 4.93. The number of carbonyl (C=O) groups excluding carboxylic acids is 2. The van der Waals surface area contributed by atoms with Gasteiger partial charge in [-0.05, 0) is 39.8 Å². The Balaban J connectivity index is 1.95. The van der Waals surface area contributed by atoms with Gasteiger partial charge in [0.2, 0.25) is 0 Å². The molecule has 0 saturated heterocycles. The Kier molecular flexibility index (Phi) is 5.17. The highest BCUT2D eigenvalue weighted by molar-refractivity contribution is 6.25. The summed E-state index contributed by atoms with van der Waals surface area (Å²) in [6.07, 6.45) is 3.24. The average Bonchev–Trinajstić information content (AvgIpc) is 2.72. The maximum absolute atomic E-state index is 13.4. The van der Waals surface area contributed by atoms with E-state index in [4.69, 9.17) is 9.47 Å². The van der Waals surface area contributed by atoms with Crippen LogP contribution in [0.4, 0.5) is 0 Å². The summed E-state index contributed by atoms with van der Waals surface area (Å²) in [5, 5.41) is 0. The van der Waals surface area contributed by atoms with Crippen LogP contribution in [0.1, 0.15) is 59.5 Å². The zero-order valence-corrected chi connectivity index (χ0v) is 17.6. The summed E-state index contributed by atoms with van der Waals surface area (Å²) in [4.78, 5) is 26.7. The van der Waals surface area contributed by atoms with Gasteiger partial charge in [0, 0.05) is 33.4 Å². The standard InChI is InChI=1S/C26H24O4/c1-15(2)29-23-13-21(25(27)19-11-7-5-9-17(19)23)22-14-24(30-16(3)4)18-10-6-8-12-20(18)26(22)28/h5-16H,1-4H3/b22-21+. The summed E-state index contributed by atoms with van der Waals surface area (Å²) in [6.45, 7) is 7.73. The monoisotopic (exact) mass is 400 g/mol. The molecular weight excluding hydrogens is 376 g/mol. The Morgan fingerprint density at radius 3 is 1.23 bits per heavy atom. The number of carbonyl (C=O) groups is 2. The minimum atomic E-state index is -0.190. The van der Waals surface area contributed by atoms with Crippen molar-refractivity contribution in [1.82, 2.24) is 0 Å². The van der Waals surface area contributed by atoms with Crippen LogP contribution in [0, 0.1) is 0 Å². The summed E-state index contributed by atoms with van der Waals surface area (Å²) in [7, 11) is 0. The molecule has 4 heteroatoms. The van der Waals surface area contributed by atoms with Crippen LogP contribution in [0.5, 0.6) is 0 Å². The van der Waals surface area contributed by atoms with Gasteiger partial charge in [-0.3, -0.25) is 9.59 Å². The lowest BCUT2D eigenvalue weighted by Crippen LogP contribution is -2.21. The van der Waals surface area contributed by atoms with Crippen molar-refractivity contribution in [3.05, 3.63) is 94.1 Å². The van der Waals surface area contributed by atoms with Crippen LogP contribution in [0.3, 0.4) is 0 Å². The zero-order valence-electron chi connectivity index (χ0n) is 17.6. The van der Waals surface area contributed by atoms with E-state index >= 15 is 0 Å². The quantitative estimate of drug-likeness (QED) is 0.626. The summed E-state index contributed by atoms with van der Waals surface area (Å²) < 4.78 is 12.0. The fraction of sp³-hybridized carbons (Fsp3) is 0.231. The summed E-state index contributed by atoms with van der Waals surface area (Å²) in [6, 6.07) is 14.7. The molecule has 0 amide bonds. The van der Waals surface area contributed by atoms with Crippen molar-refractivity contribution in [3.8, 4) is 0 Å². The van der Waals surface area contributed by atoms with Crippen LogP contribution in [-0.2, 0) is 9.47 Å². The van der Waals surface area contributed by atoms with Gasteiger partial charge >= 0.3 is 0 Å². The number of ketones is 2. The normalized spacial score (nSPS) is 18.1. The van der Waals surface area contributed by atoms with Crippen LogP contribution in [0.2, 0.25) is 0 Å². The van der Waals surface area contributed by atoms with E-state index in [0.29, 0.717) is 33.8 Å². The van der Waals surface area contributed by atoms with Gasteiger partial charge in [0.25, 0.3) is 0 Å². The van der Waals surface area contributed by atoms with E-state index in [9.17, 15) is 9.59 Å². The molecule has 0 spiro atoms. The summed E-state index contributed by atoms with van der Waals surface area (Å²) in [5.41, 5.74) is 3.20. The van der Waals surface area contributed by atoms with E-state index in [2.05, 4.69) is 0 Å². The van der Waals surface area contributed by atoms with E-state index in [1.54, 1.807) is 24.3 Å². The predicted molar refractivity (Wildman–Crippen MR) is 117 cm³/mol. The number of ether oxygens (including phenoxy) is 2. The number of allylic oxidation sites excluding steroid dienone is 4. The molecule has 30 heavy (non-hydrogen) atoms. The number of fused-ring (bicyclic) bond motifs is 2. The lowest BCUT2D eigenvalue weighted by Gasteiger charge is -2.25. The molecule has 0 N–H and O–H groups in total. The Bertz CT molecular complexity index is 1040. The molecule has 4 rings (SSSR count). The molecule has 0 radical (unpaired) electrons. The Morgan fingerprint density at radius 2 is 0.900 bits per heavy atom.